The summed E-state index contributed by atoms with van der Waals surface area (Å²) in [4.78, 5) is 16.4. The predicted molar refractivity (Wildman–Crippen MR) is 95.9 cm³/mol. The monoisotopic (exact) mass is 359 g/mol. The maximum atomic E-state index is 12.9. The normalized spacial score (nSPS) is 16.2. The summed E-state index contributed by atoms with van der Waals surface area (Å²) in [6.45, 7) is 1.07. The number of anilines is 1. The van der Waals surface area contributed by atoms with Crippen LogP contribution in [0.15, 0.2) is 53.7 Å². The molecule has 1 aromatic heterocycles. The van der Waals surface area contributed by atoms with Crippen molar-refractivity contribution in [2.45, 2.75) is 30.6 Å². The van der Waals surface area contributed by atoms with Crippen LogP contribution in [-0.4, -0.2) is 36.7 Å². The maximum Gasteiger partial charge on any atom is 0.255 e. The summed E-state index contributed by atoms with van der Waals surface area (Å²) in [6, 6.07) is 9.55. The van der Waals surface area contributed by atoms with Crippen LogP contribution in [0.4, 0.5) is 5.69 Å². The standard InChI is InChI=1S/C18H21N3O3S/c22-18(20-16-8-10-19-11-9-16)15-6-5-7-17(14-15)25(23,24)21-12-3-1-2-4-13-21/h5-11,14H,1-4,12-13H2,(H,19,20,22). The zero-order chi connectivity index (χ0) is 17.7. The molecule has 0 unspecified atom stereocenters. The van der Waals surface area contributed by atoms with Crippen LogP contribution in [0.25, 0.3) is 0 Å². The van der Waals surface area contributed by atoms with Crippen molar-refractivity contribution in [3.05, 3.63) is 54.4 Å². The molecule has 1 N–H and O–H groups in total. The van der Waals surface area contributed by atoms with E-state index in [-0.39, 0.29) is 10.8 Å². The van der Waals surface area contributed by atoms with E-state index in [9.17, 15) is 13.2 Å². The number of carbonyl (C=O) groups is 1. The molecule has 2 heterocycles. The summed E-state index contributed by atoms with van der Waals surface area (Å²) in [5.41, 5.74) is 0.925. The van der Waals surface area contributed by atoms with Crippen molar-refractivity contribution in [2.24, 2.45) is 0 Å². The Kier molecular flexibility index (Phi) is 5.45. The Morgan fingerprint density at radius 1 is 1.00 bits per heavy atom. The number of pyridine rings is 1. The van der Waals surface area contributed by atoms with E-state index in [0.29, 0.717) is 24.3 Å². The summed E-state index contributed by atoms with van der Waals surface area (Å²) in [7, 11) is -3.57. The summed E-state index contributed by atoms with van der Waals surface area (Å²) in [5, 5.41) is 2.74. The van der Waals surface area contributed by atoms with E-state index in [1.54, 1.807) is 42.7 Å². The molecule has 6 nitrogen and oxygen atoms in total. The molecule has 7 heteroatoms. The molecule has 2 aromatic rings. The Balaban J connectivity index is 1.81. The molecule has 1 aromatic carbocycles. The van der Waals surface area contributed by atoms with Crippen LogP contribution in [0.3, 0.4) is 0 Å². The van der Waals surface area contributed by atoms with Gasteiger partial charge in [-0.3, -0.25) is 9.78 Å². The largest absolute Gasteiger partial charge is 0.322 e. The summed E-state index contributed by atoms with van der Waals surface area (Å²) in [6.07, 6.45) is 7.02. The lowest BCUT2D eigenvalue weighted by atomic mass is 10.2. The molecule has 1 aliphatic rings. The highest BCUT2D eigenvalue weighted by Gasteiger charge is 2.25. The molecule has 1 aliphatic heterocycles. The molecule has 132 valence electrons. The van der Waals surface area contributed by atoms with Crippen LogP contribution >= 0.6 is 0 Å². The van der Waals surface area contributed by atoms with Gasteiger partial charge in [-0.25, -0.2) is 8.42 Å². The molecule has 1 fully saturated rings. The van der Waals surface area contributed by atoms with Gasteiger partial charge in [0.1, 0.15) is 0 Å². The van der Waals surface area contributed by atoms with Crippen molar-refractivity contribution in [1.82, 2.24) is 9.29 Å². The average molecular weight is 359 g/mol. The van der Waals surface area contributed by atoms with Crippen LogP contribution in [0, 0.1) is 0 Å². The van der Waals surface area contributed by atoms with E-state index in [4.69, 9.17) is 0 Å². The molecule has 1 amide bonds. The number of aromatic nitrogens is 1. The Bertz CT molecular complexity index is 830. The fourth-order valence-electron chi connectivity index (χ4n) is 2.87. The van der Waals surface area contributed by atoms with E-state index < -0.39 is 10.0 Å². The lowest BCUT2D eigenvalue weighted by molar-refractivity contribution is 0.102. The van der Waals surface area contributed by atoms with Crippen LogP contribution in [0.2, 0.25) is 0 Å². The lowest BCUT2D eigenvalue weighted by Gasteiger charge is -2.20. The number of carbonyl (C=O) groups excluding carboxylic acids is 1. The Hall–Kier alpha value is -2.25. The number of hydrogen-bond donors (Lipinski definition) is 1. The van der Waals surface area contributed by atoms with E-state index in [2.05, 4.69) is 10.3 Å². The SMILES string of the molecule is O=C(Nc1ccncc1)c1cccc(S(=O)(=O)N2CCCCCC2)c1. The first-order valence-corrected chi connectivity index (χ1v) is 9.83. The second-order valence-electron chi connectivity index (χ2n) is 6.04. The lowest BCUT2D eigenvalue weighted by Crippen LogP contribution is -2.32. The van der Waals surface area contributed by atoms with Crippen molar-refractivity contribution < 1.29 is 13.2 Å². The molecule has 25 heavy (non-hydrogen) atoms. The fourth-order valence-corrected chi connectivity index (χ4v) is 4.43. The van der Waals surface area contributed by atoms with Crippen molar-refractivity contribution >= 4 is 21.6 Å². The minimum Gasteiger partial charge on any atom is -0.322 e. The summed E-state index contributed by atoms with van der Waals surface area (Å²) >= 11 is 0. The van der Waals surface area contributed by atoms with Crippen LogP contribution in [0.1, 0.15) is 36.0 Å². The third-order valence-corrected chi connectivity index (χ3v) is 6.13. The highest BCUT2D eigenvalue weighted by molar-refractivity contribution is 7.89. The highest BCUT2D eigenvalue weighted by Crippen LogP contribution is 2.21. The minimum absolute atomic E-state index is 0.164. The Labute approximate surface area is 147 Å². The topological polar surface area (TPSA) is 79.4 Å². The van der Waals surface area contributed by atoms with Crippen LogP contribution < -0.4 is 5.32 Å². The Morgan fingerprint density at radius 3 is 2.36 bits per heavy atom. The van der Waals surface area contributed by atoms with Gasteiger partial charge in [0.15, 0.2) is 0 Å². The summed E-state index contributed by atoms with van der Waals surface area (Å²) in [5.74, 6) is -0.348. The average Bonchev–Trinajstić information content (AvgIpc) is 2.93. The van der Waals surface area contributed by atoms with Gasteiger partial charge in [0.2, 0.25) is 10.0 Å². The number of hydrogen-bond acceptors (Lipinski definition) is 4. The van der Waals surface area contributed by atoms with Crippen molar-refractivity contribution in [3.8, 4) is 0 Å². The molecule has 1 saturated heterocycles. The molecular weight excluding hydrogens is 338 g/mol. The maximum absolute atomic E-state index is 12.9. The number of benzene rings is 1. The fraction of sp³-hybridized carbons (Fsp3) is 0.333. The quantitative estimate of drug-likeness (QED) is 0.910. The van der Waals surface area contributed by atoms with Gasteiger partial charge in [-0.2, -0.15) is 4.31 Å². The second-order valence-corrected chi connectivity index (χ2v) is 7.97. The van der Waals surface area contributed by atoms with Gasteiger partial charge in [0.05, 0.1) is 4.90 Å². The van der Waals surface area contributed by atoms with E-state index in [0.717, 1.165) is 25.7 Å². The zero-order valence-electron chi connectivity index (χ0n) is 13.9. The van der Waals surface area contributed by atoms with Gasteiger partial charge in [0.25, 0.3) is 5.91 Å². The smallest absolute Gasteiger partial charge is 0.255 e. The molecule has 0 bridgehead atoms. The van der Waals surface area contributed by atoms with Crippen molar-refractivity contribution in [3.63, 3.8) is 0 Å². The summed E-state index contributed by atoms with van der Waals surface area (Å²) < 4.78 is 27.2. The first-order chi connectivity index (χ1) is 12.1. The number of rotatable bonds is 4. The van der Waals surface area contributed by atoms with Gasteiger partial charge in [-0.05, 0) is 43.2 Å². The number of sulfonamides is 1. The highest BCUT2D eigenvalue weighted by atomic mass is 32.2. The van der Waals surface area contributed by atoms with Gasteiger partial charge in [0, 0.05) is 36.7 Å². The minimum atomic E-state index is -3.57. The van der Waals surface area contributed by atoms with Gasteiger partial charge in [-0.1, -0.05) is 18.9 Å². The number of nitrogens with zero attached hydrogens (tertiary/aromatic N) is 2. The molecule has 0 atom stereocenters. The number of nitrogens with one attached hydrogen (secondary N) is 1. The second kappa shape index (κ2) is 7.76. The van der Waals surface area contributed by atoms with Crippen LogP contribution in [0.5, 0.6) is 0 Å². The molecule has 0 saturated carbocycles. The van der Waals surface area contributed by atoms with Gasteiger partial charge < -0.3 is 5.32 Å². The van der Waals surface area contributed by atoms with Crippen LogP contribution in [-0.2, 0) is 10.0 Å². The van der Waals surface area contributed by atoms with Crippen molar-refractivity contribution in [2.75, 3.05) is 18.4 Å². The Morgan fingerprint density at radius 2 is 1.68 bits per heavy atom. The van der Waals surface area contributed by atoms with E-state index in [1.165, 1.54) is 10.4 Å². The predicted octanol–water partition coefficient (Wildman–Crippen LogP) is 2.90. The third-order valence-electron chi connectivity index (χ3n) is 4.24. The third kappa shape index (κ3) is 4.24. The van der Waals surface area contributed by atoms with Gasteiger partial charge >= 0.3 is 0 Å². The molecule has 0 radical (unpaired) electrons. The molecule has 0 spiro atoms. The van der Waals surface area contributed by atoms with E-state index >= 15 is 0 Å². The number of amides is 1. The zero-order valence-corrected chi connectivity index (χ0v) is 14.7. The molecule has 3 rings (SSSR count). The van der Waals surface area contributed by atoms with E-state index in [1.807, 2.05) is 0 Å². The first kappa shape index (κ1) is 17.6. The first-order valence-electron chi connectivity index (χ1n) is 8.39. The van der Waals surface area contributed by atoms with Crippen molar-refractivity contribution in [1.29, 1.82) is 0 Å². The van der Waals surface area contributed by atoms with Gasteiger partial charge in [-0.15, -0.1) is 0 Å². The molecule has 0 aliphatic carbocycles. The molecular formula is C18H21N3O3S.